The predicted molar refractivity (Wildman–Crippen MR) is 86.3 cm³/mol. The van der Waals surface area contributed by atoms with Gasteiger partial charge >= 0.3 is 0 Å². The maximum atomic E-state index is 13.2. The SMILES string of the molecule is Fc1ccc2nc(NCc3cn4ccc(Br)cc4n3)[nH]c2c1. The van der Waals surface area contributed by atoms with Gasteiger partial charge in [-0.2, -0.15) is 0 Å². The molecule has 4 aromatic rings. The molecule has 0 unspecified atom stereocenters. The Balaban J connectivity index is 1.56. The molecule has 0 spiro atoms. The molecule has 7 heteroatoms. The number of nitrogens with zero attached hydrogens (tertiary/aromatic N) is 3. The summed E-state index contributed by atoms with van der Waals surface area (Å²) < 4.78 is 16.1. The lowest BCUT2D eigenvalue weighted by atomic mass is 10.3. The van der Waals surface area contributed by atoms with E-state index in [4.69, 9.17) is 0 Å². The van der Waals surface area contributed by atoms with E-state index in [1.54, 1.807) is 6.07 Å². The van der Waals surface area contributed by atoms with E-state index in [1.807, 2.05) is 28.9 Å². The van der Waals surface area contributed by atoms with Crippen LogP contribution >= 0.6 is 15.9 Å². The van der Waals surface area contributed by atoms with Gasteiger partial charge in [0.25, 0.3) is 0 Å². The Bertz CT molecular complexity index is 895. The van der Waals surface area contributed by atoms with Gasteiger partial charge in [-0.1, -0.05) is 15.9 Å². The monoisotopic (exact) mass is 359 g/mol. The van der Waals surface area contributed by atoms with Crippen molar-refractivity contribution in [1.29, 1.82) is 0 Å². The standard InChI is InChI=1S/C15H11BrFN5/c16-9-3-4-22-8-11(19-14(22)5-9)7-18-15-20-12-2-1-10(17)6-13(12)21-15/h1-6,8H,7H2,(H2,18,20,21). The van der Waals surface area contributed by atoms with Gasteiger partial charge in [0.2, 0.25) is 5.95 Å². The van der Waals surface area contributed by atoms with Gasteiger partial charge in [0.1, 0.15) is 11.5 Å². The third-order valence-corrected chi connectivity index (χ3v) is 3.85. The highest BCUT2D eigenvalue weighted by Gasteiger charge is 2.06. The molecule has 0 amide bonds. The molecule has 2 N–H and O–H groups in total. The van der Waals surface area contributed by atoms with Gasteiger partial charge in [0.05, 0.1) is 23.3 Å². The van der Waals surface area contributed by atoms with E-state index < -0.39 is 0 Å². The second-order valence-corrected chi connectivity index (χ2v) is 5.86. The molecule has 5 nitrogen and oxygen atoms in total. The normalized spacial score (nSPS) is 11.4. The highest BCUT2D eigenvalue weighted by Crippen LogP contribution is 2.17. The van der Waals surface area contributed by atoms with E-state index >= 15 is 0 Å². The number of nitrogens with one attached hydrogen (secondary N) is 2. The van der Waals surface area contributed by atoms with Gasteiger partial charge in [-0.05, 0) is 30.3 Å². The summed E-state index contributed by atoms with van der Waals surface area (Å²) in [5, 5.41) is 3.17. The number of benzene rings is 1. The van der Waals surface area contributed by atoms with Crippen LogP contribution in [0.4, 0.5) is 10.3 Å². The highest BCUT2D eigenvalue weighted by atomic mass is 79.9. The Morgan fingerprint density at radius 1 is 1.23 bits per heavy atom. The summed E-state index contributed by atoms with van der Waals surface area (Å²) in [6.07, 6.45) is 3.90. The fourth-order valence-corrected chi connectivity index (χ4v) is 2.66. The maximum Gasteiger partial charge on any atom is 0.201 e. The summed E-state index contributed by atoms with van der Waals surface area (Å²) in [4.78, 5) is 11.9. The zero-order valence-electron chi connectivity index (χ0n) is 11.3. The number of aromatic nitrogens is 4. The molecule has 0 aliphatic heterocycles. The molecule has 0 aliphatic rings. The molecular formula is C15H11BrFN5. The topological polar surface area (TPSA) is 58.0 Å². The fraction of sp³-hybridized carbons (Fsp3) is 0.0667. The minimum atomic E-state index is -0.284. The van der Waals surface area contributed by atoms with Crippen LogP contribution in [0.25, 0.3) is 16.7 Å². The summed E-state index contributed by atoms with van der Waals surface area (Å²) in [6, 6.07) is 8.38. The zero-order valence-corrected chi connectivity index (χ0v) is 12.9. The first kappa shape index (κ1) is 13.3. The average molecular weight is 360 g/mol. The number of pyridine rings is 1. The van der Waals surface area contributed by atoms with Crippen LogP contribution in [0, 0.1) is 5.82 Å². The largest absolute Gasteiger partial charge is 0.350 e. The molecule has 0 fully saturated rings. The summed E-state index contributed by atoms with van der Waals surface area (Å²) in [5.41, 5.74) is 3.16. The third-order valence-electron chi connectivity index (χ3n) is 3.35. The first-order chi connectivity index (χ1) is 10.7. The average Bonchev–Trinajstić information content (AvgIpc) is 3.07. The van der Waals surface area contributed by atoms with Crippen molar-refractivity contribution in [3.8, 4) is 0 Å². The number of aromatic amines is 1. The second-order valence-electron chi connectivity index (χ2n) is 4.94. The number of hydrogen-bond donors (Lipinski definition) is 2. The number of anilines is 1. The first-order valence-corrected chi connectivity index (χ1v) is 7.49. The summed E-state index contributed by atoms with van der Waals surface area (Å²) in [5.74, 6) is 0.312. The molecule has 1 aromatic carbocycles. The quantitative estimate of drug-likeness (QED) is 0.586. The van der Waals surface area contributed by atoms with Crippen LogP contribution in [0.1, 0.15) is 5.69 Å². The maximum absolute atomic E-state index is 13.2. The van der Waals surface area contributed by atoms with Crippen LogP contribution in [0.2, 0.25) is 0 Å². The molecule has 0 atom stereocenters. The Morgan fingerprint density at radius 2 is 2.14 bits per heavy atom. The van der Waals surface area contributed by atoms with E-state index in [-0.39, 0.29) is 5.82 Å². The second kappa shape index (κ2) is 5.10. The van der Waals surface area contributed by atoms with Crippen molar-refractivity contribution in [3.63, 3.8) is 0 Å². The van der Waals surface area contributed by atoms with Crippen LogP contribution < -0.4 is 5.32 Å². The van der Waals surface area contributed by atoms with Gasteiger partial charge in [-0.15, -0.1) is 0 Å². The van der Waals surface area contributed by atoms with Crippen LogP contribution in [0.3, 0.4) is 0 Å². The van der Waals surface area contributed by atoms with Crippen molar-refractivity contribution < 1.29 is 4.39 Å². The summed E-state index contributed by atoms with van der Waals surface area (Å²) >= 11 is 3.43. The number of rotatable bonds is 3. The van der Waals surface area contributed by atoms with E-state index in [9.17, 15) is 4.39 Å². The Morgan fingerprint density at radius 3 is 3.05 bits per heavy atom. The molecule has 0 bridgehead atoms. The Kier molecular flexibility index (Phi) is 3.07. The number of H-pyrrole nitrogens is 1. The van der Waals surface area contributed by atoms with Crippen LogP contribution in [0.15, 0.2) is 47.2 Å². The zero-order chi connectivity index (χ0) is 15.1. The van der Waals surface area contributed by atoms with E-state index in [2.05, 4.69) is 36.2 Å². The van der Waals surface area contributed by atoms with Gasteiger partial charge in [-0.3, -0.25) is 0 Å². The molecule has 4 rings (SSSR count). The number of hydrogen-bond acceptors (Lipinski definition) is 3. The van der Waals surface area contributed by atoms with Gasteiger partial charge < -0.3 is 14.7 Å². The minimum absolute atomic E-state index is 0.284. The summed E-state index contributed by atoms with van der Waals surface area (Å²) in [7, 11) is 0. The molecule has 3 aromatic heterocycles. The predicted octanol–water partition coefficient (Wildman–Crippen LogP) is 3.72. The molecule has 110 valence electrons. The lowest BCUT2D eigenvalue weighted by Crippen LogP contribution is -2.00. The van der Waals surface area contributed by atoms with E-state index in [1.165, 1.54) is 12.1 Å². The van der Waals surface area contributed by atoms with Crippen molar-refractivity contribution in [3.05, 3.63) is 58.7 Å². The van der Waals surface area contributed by atoms with Gasteiger partial charge in [0, 0.05) is 16.9 Å². The smallest absolute Gasteiger partial charge is 0.201 e. The first-order valence-electron chi connectivity index (χ1n) is 6.70. The van der Waals surface area contributed by atoms with Crippen molar-refractivity contribution in [2.45, 2.75) is 6.54 Å². The van der Waals surface area contributed by atoms with Gasteiger partial charge in [-0.25, -0.2) is 14.4 Å². The van der Waals surface area contributed by atoms with Crippen LogP contribution in [-0.4, -0.2) is 19.4 Å². The third kappa shape index (κ3) is 2.43. The molecule has 0 radical (unpaired) electrons. The van der Waals surface area contributed by atoms with E-state index in [0.717, 1.165) is 21.3 Å². The molecule has 0 aliphatic carbocycles. The Labute approximate surface area is 133 Å². The summed E-state index contributed by atoms with van der Waals surface area (Å²) in [6.45, 7) is 0.529. The van der Waals surface area contributed by atoms with Crippen molar-refractivity contribution in [2.24, 2.45) is 0 Å². The number of imidazole rings is 2. The lowest BCUT2D eigenvalue weighted by Gasteiger charge is -1.98. The molecule has 3 heterocycles. The molecular weight excluding hydrogens is 349 g/mol. The molecule has 0 saturated heterocycles. The minimum Gasteiger partial charge on any atom is -0.350 e. The van der Waals surface area contributed by atoms with Gasteiger partial charge in [0.15, 0.2) is 0 Å². The molecule has 0 saturated carbocycles. The van der Waals surface area contributed by atoms with Crippen LogP contribution in [0.5, 0.6) is 0 Å². The van der Waals surface area contributed by atoms with Crippen molar-refractivity contribution in [2.75, 3.05) is 5.32 Å². The lowest BCUT2D eigenvalue weighted by molar-refractivity contribution is 0.629. The number of fused-ring (bicyclic) bond motifs is 2. The highest BCUT2D eigenvalue weighted by molar-refractivity contribution is 9.10. The molecule has 22 heavy (non-hydrogen) atoms. The van der Waals surface area contributed by atoms with Crippen molar-refractivity contribution >= 4 is 38.6 Å². The fourth-order valence-electron chi connectivity index (χ4n) is 2.33. The Hall–Kier alpha value is -2.41. The van der Waals surface area contributed by atoms with Crippen molar-refractivity contribution in [1.82, 2.24) is 19.4 Å². The van der Waals surface area contributed by atoms with Crippen LogP contribution in [-0.2, 0) is 6.54 Å². The number of halogens is 2. The van der Waals surface area contributed by atoms with E-state index in [0.29, 0.717) is 18.0 Å².